The number of carbonyl (C=O) groups is 2. The number of rotatable bonds is 49. The standard InChI is InChI=1S/C55H105N2O7P/c1-7-10-13-16-19-22-25-27-29-32-35-38-41-44-47-54(58)56-52(51-63-65(60,61)62-50-49-57(4,5)6)53(46-43-40-37-34-31-24-21-18-15-12-9-3)64-55(59)48-45-42-39-36-33-30-28-26-23-20-17-14-11-8-2/h29-30,32-33,43,46,52-53H,7-28,31,34-42,44-45,47-51H2,1-6H3,(H-,56,58,60,61)/p+1/b32-29-,33-30-,46-43+. The zero-order valence-electron chi connectivity index (χ0n) is 43.5. The molecule has 0 saturated carbocycles. The number of hydrogen-bond acceptors (Lipinski definition) is 6. The number of nitrogens with one attached hydrogen (secondary N) is 1. The number of ether oxygens (including phenoxy) is 1. The van der Waals surface area contributed by atoms with Crippen LogP contribution < -0.4 is 5.32 Å². The topological polar surface area (TPSA) is 111 Å². The summed E-state index contributed by atoms with van der Waals surface area (Å²) in [5.74, 6) is -0.539. The van der Waals surface area contributed by atoms with Gasteiger partial charge in [0.2, 0.25) is 5.91 Å². The van der Waals surface area contributed by atoms with Crippen LogP contribution in [0, 0.1) is 0 Å². The Bertz CT molecular complexity index is 1220. The maximum Gasteiger partial charge on any atom is 0.472 e. The molecule has 65 heavy (non-hydrogen) atoms. The molecule has 382 valence electrons. The van der Waals surface area contributed by atoms with E-state index < -0.39 is 20.0 Å². The van der Waals surface area contributed by atoms with Crippen LogP contribution >= 0.6 is 7.82 Å². The second-order valence-corrected chi connectivity index (χ2v) is 21.2. The quantitative estimate of drug-likeness (QED) is 0.0205. The molecule has 0 radical (unpaired) electrons. The molecule has 0 heterocycles. The van der Waals surface area contributed by atoms with Gasteiger partial charge >= 0.3 is 13.8 Å². The minimum Gasteiger partial charge on any atom is -0.456 e. The highest BCUT2D eigenvalue weighted by molar-refractivity contribution is 7.47. The molecule has 9 nitrogen and oxygen atoms in total. The lowest BCUT2D eigenvalue weighted by atomic mass is 10.1. The molecule has 0 spiro atoms. The third-order valence-corrected chi connectivity index (χ3v) is 13.0. The zero-order chi connectivity index (χ0) is 48.0. The van der Waals surface area contributed by atoms with Crippen LogP contribution in [0.3, 0.4) is 0 Å². The van der Waals surface area contributed by atoms with E-state index in [2.05, 4.69) is 50.4 Å². The van der Waals surface area contributed by atoms with Crippen LogP contribution in [0.25, 0.3) is 0 Å². The smallest absolute Gasteiger partial charge is 0.456 e. The summed E-state index contributed by atoms with van der Waals surface area (Å²) in [6, 6.07) is -0.857. The Hall–Kier alpha value is -1.77. The highest BCUT2D eigenvalue weighted by atomic mass is 31.2. The zero-order valence-corrected chi connectivity index (χ0v) is 44.4. The van der Waals surface area contributed by atoms with E-state index in [-0.39, 0.29) is 31.5 Å². The van der Waals surface area contributed by atoms with Crippen molar-refractivity contribution in [3.05, 3.63) is 36.5 Å². The maximum atomic E-state index is 13.4. The molecular weight excluding hydrogens is 832 g/mol. The number of phosphoric acid groups is 1. The second kappa shape index (κ2) is 46.0. The Balaban J connectivity index is 5.42. The lowest BCUT2D eigenvalue weighted by Gasteiger charge is -2.27. The Morgan fingerprint density at radius 1 is 0.523 bits per heavy atom. The molecule has 10 heteroatoms. The molecule has 0 aliphatic rings. The molecule has 2 N–H and O–H groups in total. The van der Waals surface area contributed by atoms with E-state index in [1.807, 2.05) is 33.3 Å². The molecule has 0 saturated heterocycles. The third kappa shape index (κ3) is 47.1. The maximum absolute atomic E-state index is 13.4. The average Bonchev–Trinajstić information content (AvgIpc) is 3.26. The van der Waals surface area contributed by atoms with Crippen molar-refractivity contribution in [1.29, 1.82) is 0 Å². The fraction of sp³-hybridized carbons (Fsp3) is 0.855. The summed E-state index contributed by atoms with van der Waals surface area (Å²) in [5, 5.41) is 3.03. The number of unbranched alkanes of at least 4 members (excludes halogenated alkanes) is 29. The van der Waals surface area contributed by atoms with E-state index >= 15 is 0 Å². The van der Waals surface area contributed by atoms with E-state index in [1.54, 1.807) is 0 Å². The normalized spacial score (nSPS) is 14.1. The third-order valence-electron chi connectivity index (χ3n) is 12.1. The first-order valence-corrected chi connectivity index (χ1v) is 28.8. The first kappa shape index (κ1) is 63.2. The van der Waals surface area contributed by atoms with Crippen LogP contribution in [0.4, 0.5) is 0 Å². The van der Waals surface area contributed by atoms with Gasteiger partial charge in [-0.15, -0.1) is 0 Å². The monoisotopic (exact) mass is 938 g/mol. The highest BCUT2D eigenvalue weighted by Crippen LogP contribution is 2.43. The largest absolute Gasteiger partial charge is 0.472 e. The van der Waals surface area contributed by atoms with Gasteiger partial charge in [0.1, 0.15) is 19.3 Å². The van der Waals surface area contributed by atoms with Gasteiger partial charge in [-0.3, -0.25) is 18.6 Å². The van der Waals surface area contributed by atoms with Gasteiger partial charge in [0, 0.05) is 12.8 Å². The van der Waals surface area contributed by atoms with Crippen molar-refractivity contribution < 1.29 is 37.3 Å². The van der Waals surface area contributed by atoms with Gasteiger partial charge in [0.25, 0.3) is 0 Å². The van der Waals surface area contributed by atoms with Gasteiger partial charge in [-0.25, -0.2) is 4.57 Å². The minimum atomic E-state index is -4.44. The molecule has 3 atom stereocenters. The van der Waals surface area contributed by atoms with Gasteiger partial charge in [0.15, 0.2) is 0 Å². The fourth-order valence-corrected chi connectivity index (χ4v) is 8.49. The lowest BCUT2D eigenvalue weighted by Crippen LogP contribution is -2.47. The van der Waals surface area contributed by atoms with Crippen LogP contribution in [0.5, 0.6) is 0 Å². The Morgan fingerprint density at radius 3 is 1.31 bits per heavy atom. The summed E-state index contributed by atoms with van der Waals surface area (Å²) in [6.07, 6.45) is 52.8. The van der Waals surface area contributed by atoms with Crippen molar-refractivity contribution in [3.8, 4) is 0 Å². The molecule has 0 aliphatic carbocycles. The predicted octanol–water partition coefficient (Wildman–Crippen LogP) is 16.0. The summed E-state index contributed by atoms with van der Waals surface area (Å²) in [5.41, 5.74) is 0. The average molecular weight is 938 g/mol. The molecule has 0 aromatic carbocycles. The first-order valence-electron chi connectivity index (χ1n) is 27.3. The van der Waals surface area contributed by atoms with Crippen LogP contribution in [-0.4, -0.2) is 74.3 Å². The molecule has 0 fully saturated rings. The van der Waals surface area contributed by atoms with Crippen molar-refractivity contribution in [2.75, 3.05) is 40.9 Å². The van der Waals surface area contributed by atoms with E-state index in [0.29, 0.717) is 23.9 Å². The van der Waals surface area contributed by atoms with Gasteiger partial charge in [-0.1, -0.05) is 192 Å². The van der Waals surface area contributed by atoms with E-state index in [1.165, 1.54) is 135 Å². The molecule has 0 aromatic rings. The van der Waals surface area contributed by atoms with Crippen molar-refractivity contribution in [2.24, 2.45) is 0 Å². The van der Waals surface area contributed by atoms with Crippen LogP contribution in [0.15, 0.2) is 36.5 Å². The number of allylic oxidation sites excluding steroid dienone is 5. The van der Waals surface area contributed by atoms with Crippen LogP contribution in [-0.2, 0) is 27.9 Å². The summed E-state index contributed by atoms with van der Waals surface area (Å²) in [6.45, 7) is 6.97. The summed E-state index contributed by atoms with van der Waals surface area (Å²) in [4.78, 5) is 37.4. The van der Waals surface area contributed by atoms with E-state index in [0.717, 1.165) is 77.0 Å². The van der Waals surface area contributed by atoms with Crippen molar-refractivity contribution in [2.45, 2.75) is 264 Å². The number of carbonyl (C=O) groups excluding carboxylic acids is 2. The molecular formula is C55H106N2O7P+. The molecule has 0 aromatic heterocycles. The van der Waals surface area contributed by atoms with Crippen molar-refractivity contribution >= 4 is 19.7 Å². The second-order valence-electron chi connectivity index (χ2n) is 19.7. The number of nitrogens with zero attached hydrogens (tertiary/aromatic N) is 1. The van der Waals surface area contributed by atoms with Crippen molar-refractivity contribution in [3.63, 3.8) is 0 Å². The minimum absolute atomic E-state index is 0.0364. The Kier molecular flexibility index (Phi) is 44.7. The number of hydrogen-bond donors (Lipinski definition) is 2. The Labute approximate surface area is 402 Å². The summed E-state index contributed by atoms with van der Waals surface area (Å²) >= 11 is 0. The van der Waals surface area contributed by atoms with Gasteiger partial charge < -0.3 is 19.4 Å². The first-order chi connectivity index (χ1) is 31.4. The van der Waals surface area contributed by atoms with E-state index in [4.69, 9.17) is 13.8 Å². The number of quaternary nitrogens is 1. The van der Waals surface area contributed by atoms with Gasteiger partial charge in [0.05, 0.1) is 33.8 Å². The molecule has 0 rings (SSSR count). The molecule has 1 amide bonds. The summed E-state index contributed by atoms with van der Waals surface area (Å²) in [7, 11) is 1.48. The number of amides is 1. The van der Waals surface area contributed by atoms with Crippen molar-refractivity contribution in [1.82, 2.24) is 5.32 Å². The molecule has 0 aliphatic heterocycles. The number of likely N-dealkylation sites (N-methyl/N-ethyl adjacent to an activating group) is 1. The fourth-order valence-electron chi connectivity index (χ4n) is 7.75. The van der Waals surface area contributed by atoms with Crippen LogP contribution in [0.2, 0.25) is 0 Å². The lowest BCUT2D eigenvalue weighted by molar-refractivity contribution is -0.870. The number of phosphoric ester groups is 1. The van der Waals surface area contributed by atoms with Gasteiger partial charge in [-0.05, 0) is 83.1 Å². The summed E-state index contributed by atoms with van der Waals surface area (Å²) < 4.78 is 30.5. The van der Waals surface area contributed by atoms with Crippen LogP contribution in [0.1, 0.15) is 252 Å². The highest BCUT2D eigenvalue weighted by Gasteiger charge is 2.30. The Morgan fingerprint density at radius 2 is 0.892 bits per heavy atom. The van der Waals surface area contributed by atoms with E-state index in [9.17, 15) is 19.0 Å². The number of esters is 1. The molecule has 0 bridgehead atoms. The SMILES string of the molecule is CCCCCCCCC/C=C\CCCCCC(=O)NC(COP(=O)(O)OCC[N+](C)(C)C)C(/C=C/CCCCCCCCCCC)OC(=O)CCCCC/C=C\CCCCCCCCC. The van der Waals surface area contributed by atoms with Gasteiger partial charge in [-0.2, -0.15) is 0 Å². The molecule has 3 unspecified atom stereocenters. The predicted molar refractivity (Wildman–Crippen MR) is 277 cm³/mol.